The van der Waals surface area contributed by atoms with Crippen LogP contribution in [0.3, 0.4) is 0 Å². The number of carbonyl (C=O) groups is 1. The second-order valence-corrected chi connectivity index (χ2v) is 8.23. The van der Waals surface area contributed by atoms with Crippen molar-refractivity contribution in [2.75, 3.05) is 18.8 Å². The summed E-state index contributed by atoms with van der Waals surface area (Å²) in [6, 6.07) is 5.67. The maximum atomic E-state index is 10.6. The van der Waals surface area contributed by atoms with Gasteiger partial charge >= 0.3 is 12.1 Å². The molecule has 1 aromatic carbocycles. The first-order valence-corrected chi connectivity index (χ1v) is 10.9. The number of piperidine rings is 1. The molecule has 0 amide bonds. The number of aryl methyl sites for hydroxylation is 1. The lowest BCUT2D eigenvalue weighted by atomic mass is 10.1. The summed E-state index contributed by atoms with van der Waals surface area (Å²) in [5, 5.41) is 25.0. The number of aromatic nitrogens is 4. The number of nitrogens with zero attached hydrogens (tertiary/aromatic N) is 4. The Labute approximate surface area is 202 Å². The van der Waals surface area contributed by atoms with Gasteiger partial charge < -0.3 is 25.7 Å². The number of nitrogens with two attached hydrogens (primary N) is 1. The third-order valence-corrected chi connectivity index (χ3v) is 5.79. The van der Waals surface area contributed by atoms with Gasteiger partial charge in [-0.1, -0.05) is 0 Å². The molecule has 0 spiro atoms. The van der Waals surface area contributed by atoms with Gasteiger partial charge in [-0.05, 0) is 51.1 Å². The fourth-order valence-electron chi connectivity index (χ4n) is 3.79. The van der Waals surface area contributed by atoms with Crippen molar-refractivity contribution in [2.45, 2.75) is 32.0 Å². The first-order valence-electron chi connectivity index (χ1n) is 10.9. The molecule has 36 heavy (non-hydrogen) atoms. The number of hydrogen-bond donors (Lipinski definition) is 4. The zero-order valence-electron chi connectivity index (χ0n) is 19.1. The van der Waals surface area contributed by atoms with E-state index in [0.29, 0.717) is 40.0 Å². The van der Waals surface area contributed by atoms with Crippen molar-refractivity contribution in [3.05, 3.63) is 42.4 Å². The van der Waals surface area contributed by atoms with E-state index < -0.39 is 12.1 Å². The number of benzene rings is 1. The molecule has 1 fully saturated rings. The topological polar surface area (TPSA) is 152 Å². The molecule has 5 N–H and O–H groups in total. The van der Waals surface area contributed by atoms with Crippen molar-refractivity contribution in [1.82, 2.24) is 25.1 Å². The van der Waals surface area contributed by atoms with E-state index in [1.165, 1.54) is 0 Å². The van der Waals surface area contributed by atoms with Crippen LogP contribution in [0.4, 0.5) is 19.0 Å². The van der Waals surface area contributed by atoms with Crippen LogP contribution in [0.25, 0.3) is 33.7 Å². The van der Waals surface area contributed by atoms with Crippen molar-refractivity contribution in [3.8, 4) is 28.3 Å². The van der Waals surface area contributed by atoms with Crippen LogP contribution in [-0.4, -0.2) is 55.2 Å². The summed E-state index contributed by atoms with van der Waals surface area (Å²) in [5.74, 6) is -1.86. The zero-order chi connectivity index (χ0) is 26.0. The number of pyridine rings is 1. The number of hydrogen-bond acceptors (Lipinski definition) is 8. The van der Waals surface area contributed by atoms with Crippen LogP contribution < -0.4 is 11.1 Å². The van der Waals surface area contributed by atoms with Gasteiger partial charge in [-0.25, -0.2) is 14.8 Å². The Bertz CT molecular complexity index is 1390. The highest BCUT2D eigenvalue weighted by atomic mass is 19.4. The van der Waals surface area contributed by atoms with Crippen LogP contribution >= 0.6 is 0 Å². The lowest BCUT2D eigenvalue weighted by molar-refractivity contribution is -0.192. The molecule has 0 atom stereocenters. The molecule has 5 rings (SSSR count). The molecule has 190 valence electrons. The van der Waals surface area contributed by atoms with Crippen molar-refractivity contribution in [2.24, 2.45) is 0 Å². The molecule has 0 bridgehead atoms. The van der Waals surface area contributed by atoms with Crippen LogP contribution in [0.1, 0.15) is 24.4 Å². The van der Waals surface area contributed by atoms with E-state index in [4.69, 9.17) is 20.1 Å². The summed E-state index contributed by atoms with van der Waals surface area (Å²) in [7, 11) is 0. The Hall–Kier alpha value is -4.13. The molecule has 1 saturated heterocycles. The Morgan fingerprint density at radius 3 is 2.58 bits per heavy atom. The molecule has 0 unspecified atom stereocenters. The zero-order valence-corrected chi connectivity index (χ0v) is 19.1. The van der Waals surface area contributed by atoms with E-state index in [2.05, 4.69) is 26.6 Å². The average molecular weight is 504 g/mol. The molecular weight excluding hydrogens is 481 g/mol. The average Bonchev–Trinajstić information content (AvgIpc) is 3.50. The Morgan fingerprint density at radius 2 is 1.92 bits per heavy atom. The van der Waals surface area contributed by atoms with E-state index in [1.54, 1.807) is 25.3 Å². The van der Waals surface area contributed by atoms with E-state index in [-0.39, 0.29) is 5.75 Å². The van der Waals surface area contributed by atoms with Crippen molar-refractivity contribution < 1.29 is 32.6 Å². The Kier molecular flexibility index (Phi) is 6.84. The number of alkyl halides is 3. The quantitative estimate of drug-likeness (QED) is 0.325. The van der Waals surface area contributed by atoms with Gasteiger partial charge in [0.05, 0.1) is 17.8 Å². The number of carboxylic acids is 1. The number of halogens is 3. The van der Waals surface area contributed by atoms with Crippen LogP contribution in [-0.2, 0) is 4.79 Å². The monoisotopic (exact) mass is 504 g/mol. The first kappa shape index (κ1) is 25.0. The van der Waals surface area contributed by atoms with Gasteiger partial charge in [0, 0.05) is 29.1 Å². The van der Waals surface area contributed by atoms with Crippen molar-refractivity contribution >= 4 is 22.9 Å². The van der Waals surface area contributed by atoms with Gasteiger partial charge in [0.25, 0.3) is 0 Å². The molecule has 0 radical (unpaired) electrons. The molecular formula is C23H23F3N6O4. The molecule has 4 aromatic rings. The smallest absolute Gasteiger partial charge is 0.490 e. The SMILES string of the molecule is Cc1c(O)ccc2nc(-c3cc(-c4cnn(C5CCNCC5)c4)cnc3N)oc12.O=C(O)C(F)(F)F. The minimum atomic E-state index is -5.08. The van der Waals surface area contributed by atoms with E-state index in [9.17, 15) is 18.3 Å². The molecule has 4 heterocycles. The lowest BCUT2D eigenvalue weighted by Crippen LogP contribution is -2.29. The normalized spacial score (nSPS) is 14.4. The maximum absolute atomic E-state index is 10.6. The van der Waals surface area contributed by atoms with Crippen LogP contribution in [0.2, 0.25) is 0 Å². The molecule has 10 nitrogen and oxygen atoms in total. The van der Waals surface area contributed by atoms with E-state index in [0.717, 1.165) is 37.1 Å². The summed E-state index contributed by atoms with van der Waals surface area (Å²) in [6.45, 7) is 3.82. The van der Waals surface area contributed by atoms with Gasteiger partial charge in [-0.3, -0.25) is 4.68 Å². The number of rotatable bonds is 3. The Balaban J connectivity index is 0.000000384. The predicted octanol–water partition coefficient (Wildman–Crippen LogP) is 3.91. The summed E-state index contributed by atoms with van der Waals surface area (Å²) < 4.78 is 39.7. The number of nitrogen functional groups attached to an aromatic ring is 1. The molecule has 1 aliphatic heterocycles. The number of fused-ring (bicyclic) bond motifs is 1. The van der Waals surface area contributed by atoms with Gasteiger partial charge in [-0.2, -0.15) is 18.3 Å². The van der Waals surface area contributed by atoms with Gasteiger partial charge in [0.1, 0.15) is 17.1 Å². The molecule has 1 aliphatic rings. The summed E-state index contributed by atoms with van der Waals surface area (Å²) in [5.41, 5.74) is 10.5. The van der Waals surface area contributed by atoms with Gasteiger partial charge in [0.2, 0.25) is 5.89 Å². The molecule has 13 heteroatoms. The fourth-order valence-corrected chi connectivity index (χ4v) is 3.79. The number of aromatic hydroxyl groups is 1. The first-order chi connectivity index (χ1) is 17.0. The number of nitrogens with one attached hydrogen (secondary N) is 1. The van der Waals surface area contributed by atoms with Crippen molar-refractivity contribution in [1.29, 1.82) is 0 Å². The lowest BCUT2D eigenvalue weighted by Gasteiger charge is -2.22. The summed E-state index contributed by atoms with van der Waals surface area (Å²) in [6.07, 6.45) is 2.71. The highest BCUT2D eigenvalue weighted by molar-refractivity contribution is 5.83. The highest BCUT2D eigenvalue weighted by Gasteiger charge is 2.38. The summed E-state index contributed by atoms with van der Waals surface area (Å²) in [4.78, 5) is 17.8. The number of anilines is 1. The number of phenolic OH excluding ortho intramolecular Hbond substituents is 1. The second-order valence-electron chi connectivity index (χ2n) is 8.23. The number of aliphatic carboxylic acids is 1. The molecule has 0 aliphatic carbocycles. The molecule has 3 aromatic heterocycles. The fraction of sp³-hybridized carbons (Fsp3) is 0.304. The second kappa shape index (κ2) is 9.85. The van der Waals surface area contributed by atoms with Crippen LogP contribution in [0, 0.1) is 6.92 Å². The number of oxazole rings is 1. The number of carboxylic acid groups (broad SMARTS) is 1. The molecule has 0 saturated carbocycles. The maximum Gasteiger partial charge on any atom is 0.490 e. The summed E-state index contributed by atoms with van der Waals surface area (Å²) >= 11 is 0. The number of phenols is 1. The van der Waals surface area contributed by atoms with E-state index in [1.807, 2.05) is 16.9 Å². The van der Waals surface area contributed by atoms with E-state index >= 15 is 0 Å². The minimum Gasteiger partial charge on any atom is -0.508 e. The third kappa shape index (κ3) is 5.25. The van der Waals surface area contributed by atoms with Crippen molar-refractivity contribution in [3.63, 3.8) is 0 Å². The standard InChI is InChI=1S/C21H22N6O2.C2HF3O2/c1-12-18(28)3-2-17-19(12)29-21(26-17)16-8-13(9-24-20(16)22)14-10-25-27(11-14)15-4-6-23-7-5-15;3-2(4,5)1(6)7/h2-3,8-11,15,23,28H,4-7H2,1H3,(H2,22,24);(H,6,7). The predicted molar refractivity (Wildman–Crippen MR) is 124 cm³/mol. The van der Waals surface area contributed by atoms with Gasteiger partial charge in [0.15, 0.2) is 5.58 Å². The minimum absolute atomic E-state index is 0.172. The van der Waals surface area contributed by atoms with Crippen LogP contribution in [0.15, 0.2) is 41.2 Å². The largest absolute Gasteiger partial charge is 0.508 e. The van der Waals surface area contributed by atoms with Crippen LogP contribution in [0.5, 0.6) is 5.75 Å². The van der Waals surface area contributed by atoms with Gasteiger partial charge in [-0.15, -0.1) is 0 Å². The highest BCUT2D eigenvalue weighted by Crippen LogP contribution is 2.34. The Morgan fingerprint density at radius 1 is 1.22 bits per heavy atom. The third-order valence-electron chi connectivity index (χ3n) is 5.79.